The summed E-state index contributed by atoms with van der Waals surface area (Å²) in [5.74, 6) is -1.38. The lowest BCUT2D eigenvalue weighted by Crippen LogP contribution is -2.21. The number of carbonyl (C=O) groups excluding carboxylic acids is 2. The number of hydrogen-bond donors (Lipinski definition) is 1. The van der Waals surface area contributed by atoms with Crippen LogP contribution in [0.25, 0.3) is 22.0 Å². The number of rotatable bonds is 5. The molecule has 29 heavy (non-hydrogen) atoms. The van der Waals surface area contributed by atoms with Gasteiger partial charge >= 0.3 is 5.97 Å². The summed E-state index contributed by atoms with van der Waals surface area (Å²) in [6.07, 6.45) is 0. The van der Waals surface area contributed by atoms with Crippen molar-refractivity contribution >= 4 is 39.1 Å². The molecule has 0 aliphatic rings. The number of ether oxygens (including phenoxy) is 1. The van der Waals surface area contributed by atoms with E-state index in [1.165, 1.54) is 23.5 Å². The molecule has 0 unspecified atom stereocenters. The first-order chi connectivity index (χ1) is 14.1. The van der Waals surface area contributed by atoms with E-state index in [9.17, 15) is 14.0 Å². The van der Waals surface area contributed by atoms with E-state index >= 15 is 0 Å². The third-order valence-corrected chi connectivity index (χ3v) is 4.99. The van der Waals surface area contributed by atoms with E-state index in [0.717, 1.165) is 16.3 Å². The van der Waals surface area contributed by atoms with Gasteiger partial charge in [0.25, 0.3) is 5.91 Å². The Bertz CT molecular complexity index is 1180. The number of carbonyl (C=O) groups is 2. The molecule has 1 heterocycles. The van der Waals surface area contributed by atoms with Gasteiger partial charge in [-0.25, -0.2) is 14.2 Å². The van der Waals surface area contributed by atoms with Gasteiger partial charge in [0.2, 0.25) is 0 Å². The fraction of sp³-hybridized carbons (Fsp3) is 0.0455. The molecule has 4 rings (SSSR count). The molecule has 0 saturated carbocycles. The Morgan fingerprint density at radius 1 is 1.00 bits per heavy atom. The van der Waals surface area contributed by atoms with E-state index in [0.29, 0.717) is 16.4 Å². The zero-order valence-corrected chi connectivity index (χ0v) is 15.9. The highest BCUT2D eigenvalue weighted by Gasteiger charge is 2.14. The van der Waals surface area contributed by atoms with Gasteiger partial charge in [-0.15, -0.1) is 11.3 Å². The lowest BCUT2D eigenvalue weighted by atomic mass is 10.1. The molecule has 1 amide bonds. The number of thiazole rings is 1. The fourth-order valence-electron chi connectivity index (χ4n) is 2.85. The van der Waals surface area contributed by atoms with Crippen LogP contribution in [0, 0.1) is 5.82 Å². The van der Waals surface area contributed by atoms with Crippen molar-refractivity contribution in [3.63, 3.8) is 0 Å². The van der Waals surface area contributed by atoms with Gasteiger partial charge in [-0.3, -0.25) is 10.1 Å². The van der Waals surface area contributed by atoms with Crippen molar-refractivity contribution in [1.82, 2.24) is 4.98 Å². The summed E-state index contributed by atoms with van der Waals surface area (Å²) in [6.45, 7) is -0.423. The Morgan fingerprint density at radius 3 is 2.59 bits per heavy atom. The molecular formula is C22H15FN2O3S. The molecule has 0 radical (unpaired) electrons. The van der Waals surface area contributed by atoms with Crippen LogP contribution in [0.4, 0.5) is 9.52 Å². The number of amides is 1. The summed E-state index contributed by atoms with van der Waals surface area (Å²) in [5.41, 5.74) is 1.77. The molecule has 4 aromatic rings. The fourth-order valence-corrected chi connectivity index (χ4v) is 3.59. The number of aromatic nitrogens is 1. The Hall–Kier alpha value is -3.58. The van der Waals surface area contributed by atoms with Crippen LogP contribution in [0.5, 0.6) is 0 Å². The summed E-state index contributed by atoms with van der Waals surface area (Å²) in [6, 6.07) is 18.7. The standard InChI is InChI=1S/C22H15FN2O3S/c23-16-10-8-15(9-11-16)19-13-29-22(24-19)25-20(26)12-28-21(27)18-7-3-5-14-4-1-2-6-17(14)18/h1-11,13H,12H2,(H,24,25,26). The molecule has 1 N–H and O–H groups in total. The smallest absolute Gasteiger partial charge is 0.339 e. The van der Waals surface area contributed by atoms with Crippen LogP contribution in [0.15, 0.2) is 72.1 Å². The van der Waals surface area contributed by atoms with E-state index in [2.05, 4.69) is 10.3 Å². The normalized spacial score (nSPS) is 10.7. The highest BCUT2D eigenvalue weighted by Crippen LogP contribution is 2.25. The monoisotopic (exact) mass is 406 g/mol. The minimum absolute atomic E-state index is 0.328. The van der Waals surface area contributed by atoms with Gasteiger partial charge in [-0.05, 0) is 41.1 Å². The lowest BCUT2D eigenvalue weighted by Gasteiger charge is -2.07. The van der Waals surface area contributed by atoms with E-state index < -0.39 is 18.5 Å². The topological polar surface area (TPSA) is 68.3 Å². The second-order valence-corrected chi connectivity index (χ2v) is 7.05. The molecule has 0 atom stereocenters. The maximum atomic E-state index is 13.0. The summed E-state index contributed by atoms with van der Waals surface area (Å²) in [5, 5.41) is 6.42. The summed E-state index contributed by atoms with van der Waals surface area (Å²) >= 11 is 1.23. The van der Waals surface area contributed by atoms with Gasteiger partial charge in [0.05, 0.1) is 11.3 Å². The Morgan fingerprint density at radius 2 is 1.76 bits per heavy atom. The van der Waals surface area contributed by atoms with Crippen LogP contribution >= 0.6 is 11.3 Å². The third-order valence-electron chi connectivity index (χ3n) is 4.23. The van der Waals surface area contributed by atoms with E-state index in [1.807, 2.05) is 30.3 Å². The highest BCUT2D eigenvalue weighted by atomic mass is 32.1. The van der Waals surface area contributed by atoms with Crippen LogP contribution in [-0.4, -0.2) is 23.5 Å². The first kappa shape index (κ1) is 18.8. The SMILES string of the molecule is O=C(COC(=O)c1cccc2ccccc12)Nc1nc(-c2ccc(F)cc2)cs1. The first-order valence-electron chi connectivity index (χ1n) is 8.76. The zero-order valence-electron chi connectivity index (χ0n) is 15.1. The van der Waals surface area contributed by atoms with Gasteiger partial charge < -0.3 is 4.74 Å². The number of esters is 1. The van der Waals surface area contributed by atoms with E-state index in [4.69, 9.17) is 4.74 Å². The lowest BCUT2D eigenvalue weighted by molar-refractivity contribution is -0.119. The largest absolute Gasteiger partial charge is 0.452 e. The summed E-state index contributed by atoms with van der Waals surface area (Å²) in [4.78, 5) is 28.8. The Kier molecular flexibility index (Phi) is 5.31. The molecule has 0 saturated heterocycles. The quantitative estimate of drug-likeness (QED) is 0.479. The molecule has 5 nitrogen and oxygen atoms in total. The van der Waals surface area contributed by atoms with Gasteiger partial charge in [0, 0.05) is 10.9 Å². The van der Waals surface area contributed by atoms with Crippen molar-refractivity contribution in [3.05, 3.63) is 83.5 Å². The second-order valence-electron chi connectivity index (χ2n) is 6.20. The minimum atomic E-state index is -0.567. The van der Waals surface area contributed by atoms with Crippen molar-refractivity contribution in [2.45, 2.75) is 0 Å². The molecule has 0 bridgehead atoms. The number of nitrogens with zero attached hydrogens (tertiary/aromatic N) is 1. The highest BCUT2D eigenvalue weighted by molar-refractivity contribution is 7.14. The van der Waals surface area contributed by atoms with Gasteiger partial charge in [0.15, 0.2) is 11.7 Å². The number of fused-ring (bicyclic) bond motifs is 1. The Labute approximate surface area is 169 Å². The van der Waals surface area contributed by atoms with Gasteiger partial charge in [-0.2, -0.15) is 0 Å². The average Bonchev–Trinajstić information content (AvgIpc) is 3.20. The first-order valence-corrected chi connectivity index (χ1v) is 9.64. The van der Waals surface area contributed by atoms with Gasteiger partial charge in [0.1, 0.15) is 5.82 Å². The van der Waals surface area contributed by atoms with Crippen LogP contribution in [0.1, 0.15) is 10.4 Å². The molecule has 0 aliphatic carbocycles. The third kappa shape index (κ3) is 4.30. The molecule has 7 heteroatoms. The number of benzene rings is 3. The summed E-state index contributed by atoms with van der Waals surface area (Å²) < 4.78 is 18.2. The average molecular weight is 406 g/mol. The molecule has 144 valence electrons. The maximum Gasteiger partial charge on any atom is 0.339 e. The number of halogens is 1. The molecule has 3 aromatic carbocycles. The van der Waals surface area contributed by atoms with Crippen molar-refractivity contribution in [1.29, 1.82) is 0 Å². The molecule has 1 aromatic heterocycles. The molecular weight excluding hydrogens is 391 g/mol. The number of anilines is 1. The molecule has 0 fully saturated rings. The van der Waals surface area contributed by atoms with Crippen LogP contribution in [-0.2, 0) is 9.53 Å². The van der Waals surface area contributed by atoms with Crippen LogP contribution in [0.3, 0.4) is 0 Å². The second kappa shape index (κ2) is 8.20. The number of hydrogen-bond acceptors (Lipinski definition) is 5. The zero-order chi connectivity index (χ0) is 20.2. The predicted molar refractivity (Wildman–Crippen MR) is 110 cm³/mol. The van der Waals surface area contributed by atoms with Crippen LogP contribution in [0.2, 0.25) is 0 Å². The van der Waals surface area contributed by atoms with Crippen molar-refractivity contribution < 1.29 is 18.7 Å². The minimum Gasteiger partial charge on any atom is -0.452 e. The molecule has 0 aliphatic heterocycles. The van der Waals surface area contributed by atoms with E-state index in [1.54, 1.807) is 29.6 Å². The maximum absolute atomic E-state index is 13.0. The van der Waals surface area contributed by atoms with Crippen molar-refractivity contribution in [3.8, 4) is 11.3 Å². The van der Waals surface area contributed by atoms with Gasteiger partial charge in [-0.1, -0.05) is 36.4 Å². The Balaban J connectivity index is 1.38. The predicted octanol–water partition coefficient (Wildman–Crippen LogP) is 4.90. The molecule has 0 spiro atoms. The van der Waals surface area contributed by atoms with Crippen molar-refractivity contribution in [2.24, 2.45) is 0 Å². The van der Waals surface area contributed by atoms with Crippen LogP contribution < -0.4 is 5.32 Å². The van der Waals surface area contributed by atoms with E-state index in [-0.39, 0.29) is 5.82 Å². The summed E-state index contributed by atoms with van der Waals surface area (Å²) in [7, 11) is 0. The van der Waals surface area contributed by atoms with Crippen molar-refractivity contribution in [2.75, 3.05) is 11.9 Å². The number of nitrogens with one attached hydrogen (secondary N) is 1.